The predicted octanol–water partition coefficient (Wildman–Crippen LogP) is 3.58. The lowest BCUT2D eigenvalue weighted by molar-refractivity contribution is 0.0998. The highest BCUT2D eigenvalue weighted by molar-refractivity contribution is 5.85. The molecule has 7 heteroatoms. The van der Waals surface area contributed by atoms with Gasteiger partial charge in [-0.2, -0.15) is 4.98 Å². The molecule has 0 atom stereocenters. The van der Waals surface area contributed by atoms with Crippen molar-refractivity contribution in [2.45, 2.75) is 26.1 Å². The molecule has 0 fully saturated rings. The van der Waals surface area contributed by atoms with Crippen molar-refractivity contribution in [2.75, 3.05) is 12.8 Å². The summed E-state index contributed by atoms with van der Waals surface area (Å²) in [6.45, 7) is 0.760. The van der Waals surface area contributed by atoms with Crippen molar-refractivity contribution in [1.29, 1.82) is 0 Å². The zero-order valence-electron chi connectivity index (χ0n) is 14.6. The second kappa shape index (κ2) is 9.79. The maximum Gasteiger partial charge on any atom is 0.227 e. The van der Waals surface area contributed by atoms with E-state index >= 15 is 0 Å². The number of nitrogen functional groups attached to an aromatic ring is 1. The molecule has 0 bridgehead atoms. The number of hydrogen-bond donors (Lipinski definition) is 1. The van der Waals surface area contributed by atoms with Gasteiger partial charge in [0.1, 0.15) is 12.4 Å². The monoisotopic (exact) mass is 375 g/mol. The molecule has 2 aromatic carbocycles. The van der Waals surface area contributed by atoms with Gasteiger partial charge in [-0.1, -0.05) is 35.5 Å². The molecule has 6 nitrogen and oxygen atoms in total. The van der Waals surface area contributed by atoms with Crippen LogP contribution in [-0.4, -0.2) is 17.3 Å². The van der Waals surface area contributed by atoms with Gasteiger partial charge in [0.2, 0.25) is 5.89 Å². The molecule has 26 heavy (non-hydrogen) atoms. The van der Waals surface area contributed by atoms with Gasteiger partial charge in [-0.15, -0.1) is 12.4 Å². The molecule has 3 rings (SSSR count). The smallest absolute Gasteiger partial charge is 0.227 e. The average Bonchev–Trinajstić information content (AvgIpc) is 3.09. The molecule has 1 heterocycles. The molecule has 0 aliphatic heterocycles. The first-order valence-corrected chi connectivity index (χ1v) is 8.10. The fourth-order valence-corrected chi connectivity index (χ4v) is 2.48. The molecule has 0 spiro atoms. The Bertz CT molecular complexity index is 823. The molecule has 0 unspecified atom stereocenters. The fourth-order valence-electron chi connectivity index (χ4n) is 2.48. The molecule has 1 aromatic heterocycles. The molecule has 2 N–H and O–H groups in total. The van der Waals surface area contributed by atoms with Crippen LogP contribution in [0.25, 0.3) is 0 Å². The highest BCUT2D eigenvalue weighted by Gasteiger charge is 2.08. The van der Waals surface area contributed by atoms with Crippen LogP contribution in [0.15, 0.2) is 53.1 Å². The highest BCUT2D eigenvalue weighted by Crippen LogP contribution is 2.15. The first kappa shape index (κ1) is 19.8. The van der Waals surface area contributed by atoms with E-state index in [1.165, 1.54) is 0 Å². The SMILES string of the molecule is COc1cccc(COCc2noc(CCc3ccccc3N)n2)c1.Cl. The van der Waals surface area contributed by atoms with Gasteiger partial charge in [-0.25, -0.2) is 0 Å². The standard InChI is InChI=1S/C19H21N3O3.ClH/c1-23-16-7-4-5-14(11-16)12-24-13-18-21-19(25-22-18)10-9-15-6-2-3-8-17(15)20;/h2-8,11H,9-10,12-13,20H2,1H3;1H. The van der Waals surface area contributed by atoms with E-state index in [1.807, 2.05) is 48.5 Å². The molecule has 0 amide bonds. The number of nitrogens with zero attached hydrogens (tertiary/aromatic N) is 2. The predicted molar refractivity (Wildman–Crippen MR) is 101 cm³/mol. The number of halogens is 1. The number of nitrogens with two attached hydrogens (primary N) is 1. The lowest BCUT2D eigenvalue weighted by Gasteiger charge is -2.04. The van der Waals surface area contributed by atoms with Crippen molar-refractivity contribution in [3.05, 3.63) is 71.4 Å². The van der Waals surface area contributed by atoms with Gasteiger partial charge < -0.3 is 19.7 Å². The maximum absolute atomic E-state index is 5.94. The third-order valence-corrected chi connectivity index (χ3v) is 3.81. The number of methoxy groups -OCH3 is 1. The second-order valence-electron chi connectivity index (χ2n) is 5.65. The minimum atomic E-state index is 0. The summed E-state index contributed by atoms with van der Waals surface area (Å²) < 4.78 is 16.1. The van der Waals surface area contributed by atoms with E-state index in [-0.39, 0.29) is 12.4 Å². The van der Waals surface area contributed by atoms with E-state index in [9.17, 15) is 0 Å². The lowest BCUT2D eigenvalue weighted by Crippen LogP contribution is -1.98. The van der Waals surface area contributed by atoms with Crippen molar-refractivity contribution in [3.8, 4) is 5.75 Å². The summed E-state index contributed by atoms with van der Waals surface area (Å²) in [6, 6.07) is 15.5. The minimum Gasteiger partial charge on any atom is -0.497 e. The van der Waals surface area contributed by atoms with Crippen LogP contribution in [0.4, 0.5) is 5.69 Å². The summed E-state index contributed by atoms with van der Waals surface area (Å²) in [5, 5.41) is 3.95. The molecule has 0 radical (unpaired) electrons. The van der Waals surface area contributed by atoms with Gasteiger partial charge in [-0.05, 0) is 35.7 Å². The Hall–Kier alpha value is -2.57. The van der Waals surface area contributed by atoms with Crippen LogP contribution in [0.3, 0.4) is 0 Å². The van der Waals surface area contributed by atoms with Crippen molar-refractivity contribution in [1.82, 2.24) is 10.1 Å². The number of para-hydroxylation sites is 1. The Morgan fingerprint density at radius 2 is 1.88 bits per heavy atom. The average molecular weight is 376 g/mol. The van der Waals surface area contributed by atoms with Crippen LogP contribution in [0.1, 0.15) is 22.8 Å². The Morgan fingerprint density at radius 3 is 2.69 bits per heavy atom. The van der Waals surface area contributed by atoms with Crippen LogP contribution in [-0.2, 0) is 30.8 Å². The third kappa shape index (κ3) is 5.47. The van der Waals surface area contributed by atoms with E-state index in [0.717, 1.165) is 29.0 Å². The summed E-state index contributed by atoms with van der Waals surface area (Å²) in [6.07, 6.45) is 1.41. The molecular formula is C19H22ClN3O3. The summed E-state index contributed by atoms with van der Waals surface area (Å²) in [7, 11) is 1.64. The van der Waals surface area contributed by atoms with Gasteiger partial charge in [0.15, 0.2) is 5.82 Å². The largest absolute Gasteiger partial charge is 0.497 e. The number of benzene rings is 2. The first-order valence-electron chi connectivity index (χ1n) is 8.10. The molecule has 138 valence electrons. The van der Waals surface area contributed by atoms with Crippen molar-refractivity contribution in [2.24, 2.45) is 0 Å². The zero-order chi connectivity index (χ0) is 17.5. The molecule has 0 aliphatic carbocycles. The normalized spacial score (nSPS) is 10.3. The molecule has 0 aliphatic rings. The van der Waals surface area contributed by atoms with Crippen LogP contribution < -0.4 is 10.5 Å². The van der Waals surface area contributed by atoms with Crippen LogP contribution in [0.5, 0.6) is 5.75 Å². The van der Waals surface area contributed by atoms with E-state index in [4.69, 9.17) is 19.7 Å². The number of anilines is 1. The lowest BCUT2D eigenvalue weighted by atomic mass is 10.1. The van der Waals surface area contributed by atoms with Gasteiger partial charge in [0, 0.05) is 12.1 Å². The van der Waals surface area contributed by atoms with E-state index in [1.54, 1.807) is 7.11 Å². The molecule has 0 saturated carbocycles. The second-order valence-corrected chi connectivity index (χ2v) is 5.65. The quantitative estimate of drug-likeness (QED) is 0.606. The molecule has 0 saturated heterocycles. The number of aromatic nitrogens is 2. The topological polar surface area (TPSA) is 83.4 Å². The van der Waals surface area contributed by atoms with Crippen LogP contribution in [0, 0.1) is 0 Å². The third-order valence-electron chi connectivity index (χ3n) is 3.81. The Morgan fingerprint density at radius 1 is 1.04 bits per heavy atom. The van der Waals surface area contributed by atoms with E-state index in [0.29, 0.717) is 31.3 Å². The summed E-state index contributed by atoms with van der Waals surface area (Å²) >= 11 is 0. The fraction of sp³-hybridized carbons (Fsp3) is 0.263. The van der Waals surface area contributed by atoms with Crippen molar-refractivity contribution in [3.63, 3.8) is 0 Å². The maximum atomic E-state index is 5.94. The number of ether oxygens (including phenoxy) is 2. The number of rotatable bonds is 8. The summed E-state index contributed by atoms with van der Waals surface area (Å²) in [5.74, 6) is 1.94. The van der Waals surface area contributed by atoms with Crippen LogP contribution >= 0.6 is 12.4 Å². The first-order chi connectivity index (χ1) is 12.2. The van der Waals surface area contributed by atoms with Crippen molar-refractivity contribution < 1.29 is 14.0 Å². The van der Waals surface area contributed by atoms with Gasteiger partial charge in [0.25, 0.3) is 0 Å². The van der Waals surface area contributed by atoms with Crippen molar-refractivity contribution >= 4 is 18.1 Å². The van der Waals surface area contributed by atoms with E-state index < -0.39 is 0 Å². The number of aryl methyl sites for hydroxylation is 2. The Labute approximate surface area is 158 Å². The Balaban J connectivity index is 0.00000243. The summed E-state index contributed by atoms with van der Waals surface area (Å²) in [4.78, 5) is 4.35. The Kier molecular flexibility index (Phi) is 7.44. The number of hydrogen-bond acceptors (Lipinski definition) is 6. The summed E-state index contributed by atoms with van der Waals surface area (Å²) in [5.41, 5.74) is 8.83. The van der Waals surface area contributed by atoms with Gasteiger partial charge in [0.05, 0.1) is 13.7 Å². The van der Waals surface area contributed by atoms with Gasteiger partial charge >= 0.3 is 0 Å². The van der Waals surface area contributed by atoms with Crippen LogP contribution in [0.2, 0.25) is 0 Å². The van der Waals surface area contributed by atoms with E-state index in [2.05, 4.69) is 10.1 Å². The molecular weight excluding hydrogens is 354 g/mol. The molecule has 3 aromatic rings. The zero-order valence-corrected chi connectivity index (χ0v) is 15.4. The highest BCUT2D eigenvalue weighted by atomic mass is 35.5. The van der Waals surface area contributed by atoms with Gasteiger partial charge in [-0.3, -0.25) is 0 Å². The minimum absolute atomic E-state index is 0.